The Morgan fingerprint density at radius 1 is 0.871 bits per heavy atom. The van der Waals surface area contributed by atoms with Gasteiger partial charge in [-0.15, -0.1) is 0 Å². The quantitative estimate of drug-likeness (QED) is 0.537. The van der Waals surface area contributed by atoms with Crippen molar-refractivity contribution in [2.75, 3.05) is 10.2 Å². The Bertz CT molecular complexity index is 1250. The molecule has 0 radical (unpaired) electrons. The first-order chi connectivity index (χ1) is 14.8. The van der Waals surface area contributed by atoms with E-state index in [0.717, 1.165) is 23.3 Å². The van der Waals surface area contributed by atoms with Crippen molar-refractivity contribution < 1.29 is 18.4 Å². The lowest BCUT2D eigenvalue weighted by Gasteiger charge is -2.16. The van der Waals surface area contributed by atoms with Gasteiger partial charge in [-0.05, 0) is 60.9 Å². The Balaban J connectivity index is 1.87. The number of carbonyl (C=O) groups excluding carboxylic acids is 2. The first-order valence-corrected chi connectivity index (χ1v) is 9.82. The highest BCUT2D eigenvalue weighted by atomic mass is 35.5. The molecule has 7 heteroatoms. The third-order valence-corrected chi connectivity index (χ3v) is 5.27. The fourth-order valence-corrected chi connectivity index (χ4v) is 3.54. The summed E-state index contributed by atoms with van der Waals surface area (Å²) in [4.78, 5) is 27.3. The van der Waals surface area contributed by atoms with E-state index in [1.54, 1.807) is 24.3 Å². The molecule has 4 nitrogen and oxygen atoms in total. The molecule has 1 heterocycles. The highest BCUT2D eigenvalue weighted by Crippen LogP contribution is 2.36. The van der Waals surface area contributed by atoms with Gasteiger partial charge in [0.1, 0.15) is 17.3 Å². The van der Waals surface area contributed by atoms with Gasteiger partial charge in [-0.25, -0.2) is 13.7 Å². The summed E-state index contributed by atoms with van der Waals surface area (Å²) < 4.78 is 27.9. The number of halogens is 3. The van der Waals surface area contributed by atoms with Gasteiger partial charge in [0, 0.05) is 16.8 Å². The average Bonchev–Trinajstić information content (AvgIpc) is 2.96. The molecule has 1 N–H and O–H groups in total. The second-order valence-electron chi connectivity index (χ2n) is 7.24. The summed E-state index contributed by atoms with van der Waals surface area (Å²) in [6.07, 6.45) is 0. The number of imide groups is 1. The summed E-state index contributed by atoms with van der Waals surface area (Å²) >= 11 is 5.97. The Morgan fingerprint density at radius 3 is 2.26 bits per heavy atom. The number of aryl methyl sites for hydroxylation is 2. The molecule has 156 valence electrons. The Hall–Kier alpha value is -3.51. The average molecular weight is 439 g/mol. The predicted molar refractivity (Wildman–Crippen MR) is 117 cm³/mol. The maximum atomic E-state index is 14.5. The van der Waals surface area contributed by atoms with E-state index in [2.05, 4.69) is 5.32 Å². The number of nitrogens with one attached hydrogen (secondary N) is 1. The summed E-state index contributed by atoms with van der Waals surface area (Å²) in [6, 6.07) is 14.8. The van der Waals surface area contributed by atoms with E-state index < -0.39 is 23.4 Å². The molecule has 3 aromatic rings. The Morgan fingerprint density at radius 2 is 1.58 bits per heavy atom. The Labute approximate surface area is 182 Å². The predicted octanol–water partition coefficient (Wildman–Crippen LogP) is 5.63. The molecule has 0 saturated carbocycles. The van der Waals surface area contributed by atoms with Crippen molar-refractivity contribution in [1.82, 2.24) is 0 Å². The summed E-state index contributed by atoms with van der Waals surface area (Å²) in [5, 5.41) is 3.53. The van der Waals surface area contributed by atoms with E-state index in [9.17, 15) is 18.4 Å². The number of carbonyl (C=O) groups is 2. The fourth-order valence-electron chi connectivity index (χ4n) is 3.42. The van der Waals surface area contributed by atoms with Crippen LogP contribution in [0.1, 0.15) is 16.7 Å². The van der Waals surface area contributed by atoms with Gasteiger partial charge in [0.25, 0.3) is 11.8 Å². The number of amides is 2. The van der Waals surface area contributed by atoms with Crippen LogP contribution in [-0.4, -0.2) is 11.8 Å². The van der Waals surface area contributed by atoms with Gasteiger partial charge in [-0.3, -0.25) is 9.59 Å². The smallest absolute Gasteiger partial charge is 0.282 e. The van der Waals surface area contributed by atoms with Crippen molar-refractivity contribution in [1.29, 1.82) is 0 Å². The molecule has 0 aliphatic carbocycles. The van der Waals surface area contributed by atoms with Gasteiger partial charge in [0.2, 0.25) is 0 Å². The number of hydrogen-bond acceptors (Lipinski definition) is 3. The Kier molecular flexibility index (Phi) is 5.33. The second kappa shape index (κ2) is 7.96. The summed E-state index contributed by atoms with van der Waals surface area (Å²) in [5.74, 6) is -3.27. The summed E-state index contributed by atoms with van der Waals surface area (Å²) in [5.41, 5.74) is 2.67. The number of hydrogen-bond donors (Lipinski definition) is 1. The molecule has 2 amide bonds. The molecular formula is C24H17ClF2N2O2. The van der Waals surface area contributed by atoms with Crippen molar-refractivity contribution in [3.8, 4) is 0 Å². The van der Waals surface area contributed by atoms with Crippen LogP contribution in [0.25, 0.3) is 5.57 Å². The maximum absolute atomic E-state index is 14.5. The van der Waals surface area contributed by atoms with Crippen molar-refractivity contribution >= 4 is 40.4 Å². The molecule has 0 bridgehead atoms. The fraction of sp³-hybridized carbons (Fsp3) is 0.0833. The van der Waals surface area contributed by atoms with E-state index in [4.69, 9.17) is 11.6 Å². The van der Waals surface area contributed by atoms with Crippen molar-refractivity contribution in [3.63, 3.8) is 0 Å². The first-order valence-electron chi connectivity index (χ1n) is 9.44. The van der Waals surface area contributed by atoms with Crippen molar-refractivity contribution in [2.24, 2.45) is 0 Å². The topological polar surface area (TPSA) is 49.4 Å². The van der Waals surface area contributed by atoms with Crippen LogP contribution in [0.15, 0.2) is 66.4 Å². The zero-order valence-electron chi connectivity index (χ0n) is 16.7. The minimum Gasteiger partial charge on any atom is -0.350 e. The van der Waals surface area contributed by atoms with E-state index in [0.29, 0.717) is 27.2 Å². The van der Waals surface area contributed by atoms with Crippen LogP contribution >= 0.6 is 11.6 Å². The van der Waals surface area contributed by atoms with Crippen LogP contribution in [0.2, 0.25) is 5.02 Å². The van der Waals surface area contributed by atoms with E-state index >= 15 is 0 Å². The molecule has 0 saturated heterocycles. The van der Waals surface area contributed by atoms with Gasteiger partial charge < -0.3 is 5.32 Å². The van der Waals surface area contributed by atoms with E-state index in [1.165, 1.54) is 0 Å². The molecule has 3 aromatic carbocycles. The van der Waals surface area contributed by atoms with Crippen molar-refractivity contribution in [3.05, 3.63) is 99.7 Å². The van der Waals surface area contributed by atoms with Crippen molar-refractivity contribution in [2.45, 2.75) is 13.8 Å². The summed E-state index contributed by atoms with van der Waals surface area (Å²) in [7, 11) is 0. The molecular weight excluding hydrogens is 422 g/mol. The van der Waals surface area contributed by atoms with Gasteiger partial charge in [0.05, 0.1) is 11.3 Å². The maximum Gasteiger partial charge on any atom is 0.282 e. The van der Waals surface area contributed by atoms with Gasteiger partial charge >= 0.3 is 0 Å². The third-order valence-electron chi connectivity index (χ3n) is 5.02. The summed E-state index contributed by atoms with van der Waals surface area (Å²) in [6.45, 7) is 3.77. The second-order valence-corrected chi connectivity index (χ2v) is 7.68. The molecule has 0 fully saturated rings. The number of benzene rings is 3. The molecule has 0 aromatic heterocycles. The largest absolute Gasteiger partial charge is 0.350 e. The van der Waals surface area contributed by atoms with E-state index in [-0.39, 0.29) is 17.0 Å². The molecule has 1 aliphatic rings. The normalized spacial score (nSPS) is 13.9. The lowest BCUT2D eigenvalue weighted by atomic mass is 10.0. The zero-order valence-corrected chi connectivity index (χ0v) is 17.4. The molecule has 0 unspecified atom stereocenters. The monoisotopic (exact) mass is 438 g/mol. The standard InChI is InChI=1S/C24H17ClF2N2O2/c1-13-3-4-14(2)19(11-13)28-22-21(15-5-7-16(25)8-6-15)23(30)29(24(22)31)20-10-9-17(26)12-18(20)27/h3-12,28H,1-2H3. The van der Waals surface area contributed by atoms with Gasteiger partial charge in [-0.2, -0.15) is 0 Å². The SMILES string of the molecule is Cc1ccc(C)c(NC2=C(c3ccc(Cl)cc3)C(=O)N(c3ccc(F)cc3F)C2=O)c1. The van der Waals surface area contributed by atoms with Crippen LogP contribution in [0.3, 0.4) is 0 Å². The number of nitrogens with zero attached hydrogens (tertiary/aromatic N) is 1. The van der Waals surface area contributed by atoms with Crippen LogP contribution in [0.4, 0.5) is 20.2 Å². The molecule has 4 rings (SSSR count). The van der Waals surface area contributed by atoms with E-state index in [1.807, 2.05) is 32.0 Å². The first kappa shape index (κ1) is 20.8. The highest BCUT2D eigenvalue weighted by Gasteiger charge is 2.41. The minimum atomic E-state index is -1.01. The number of anilines is 2. The molecule has 0 spiro atoms. The third kappa shape index (κ3) is 3.82. The minimum absolute atomic E-state index is 0.00440. The van der Waals surface area contributed by atoms with Crippen LogP contribution < -0.4 is 10.2 Å². The van der Waals surface area contributed by atoms with Gasteiger partial charge in [0.15, 0.2) is 0 Å². The molecule has 0 atom stereocenters. The van der Waals surface area contributed by atoms with Crippen LogP contribution in [-0.2, 0) is 9.59 Å². The van der Waals surface area contributed by atoms with Gasteiger partial charge in [-0.1, -0.05) is 35.9 Å². The number of rotatable bonds is 4. The van der Waals surface area contributed by atoms with Crippen LogP contribution in [0.5, 0.6) is 0 Å². The lowest BCUT2D eigenvalue weighted by molar-refractivity contribution is -0.120. The molecule has 31 heavy (non-hydrogen) atoms. The molecule has 1 aliphatic heterocycles. The van der Waals surface area contributed by atoms with Crippen LogP contribution in [0, 0.1) is 25.5 Å². The lowest BCUT2D eigenvalue weighted by Crippen LogP contribution is -2.33. The highest BCUT2D eigenvalue weighted by molar-refractivity contribution is 6.46. The zero-order chi connectivity index (χ0) is 22.3.